The van der Waals surface area contributed by atoms with Crippen LogP contribution < -0.4 is 10.1 Å². The molecule has 0 fully saturated rings. The number of carbonyl (C=O) groups is 1. The number of nitrogens with one attached hydrogen (secondary N) is 1. The monoisotopic (exact) mass is 682 g/mol. The molecule has 12 heteroatoms. The summed E-state index contributed by atoms with van der Waals surface area (Å²) in [5.41, 5.74) is -2.21. The molecule has 0 radical (unpaired) electrons. The summed E-state index contributed by atoms with van der Waals surface area (Å²) < 4.78 is 93.0. The Morgan fingerprint density at radius 3 is 2.04 bits per heavy atom. The predicted molar refractivity (Wildman–Crippen MR) is 172 cm³/mol. The maximum Gasteiger partial charge on any atom is 0.416 e. The van der Waals surface area contributed by atoms with Gasteiger partial charge in [0.25, 0.3) is 5.91 Å². The molecule has 6 nitrogen and oxygen atoms in total. The molecule has 1 heterocycles. The number of ether oxygens (including phenoxy) is 2. The topological polar surface area (TPSA) is 80.2 Å². The molecule has 1 aliphatic heterocycles. The van der Waals surface area contributed by atoms with Crippen LogP contribution in [0.3, 0.4) is 0 Å². The third-order valence-electron chi connectivity index (χ3n) is 7.91. The molecule has 0 bridgehead atoms. The van der Waals surface area contributed by atoms with Gasteiger partial charge in [-0.2, -0.15) is 26.3 Å². The molecule has 2 N–H and O–H groups in total. The van der Waals surface area contributed by atoms with Crippen molar-refractivity contribution in [1.29, 1.82) is 0 Å². The third-order valence-corrected chi connectivity index (χ3v) is 7.91. The van der Waals surface area contributed by atoms with E-state index in [4.69, 9.17) is 19.6 Å². The highest BCUT2D eigenvalue weighted by molar-refractivity contribution is 6.01. The fraction of sp³-hybridized carbons (Fsp3) is 0.243. The first-order valence-electron chi connectivity index (χ1n) is 15.3. The molecule has 0 aromatic heterocycles. The number of nitrogens with zero attached hydrogens (tertiary/aromatic N) is 1. The summed E-state index contributed by atoms with van der Waals surface area (Å²) in [7, 11) is 0. The second-order valence-electron chi connectivity index (χ2n) is 11.4. The zero-order valence-corrected chi connectivity index (χ0v) is 26.0. The highest BCUT2D eigenvalue weighted by Gasteiger charge is 2.52. The van der Waals surface area contributed by atoms with Gasteiger partial charge in [-0.15, -0.1) is 6.58 Å². The molecule has 0 unspecified atom stereocenters. The van der Waals surface area contributed by atoms with E-state index in [9.17, 15) is 31.1 Å². The summed E-state index contributed by atoms with van der Waals surface area (Å²) in [6.07, 6.45) is -9.31. The number of alkyl halides is 6. The normalized spacial score (nSPS) is 17.6. The van der Waals surface area contributed by atoms with E-state index in [1.165, 1.54) is 6.08 Å². The number of carbonyl (C=O) groups excluding carboxylic acids is 1. The van der Waals surface area contributed by atoms with Crippen molar-refractivity contribution in [1.82, 2.24) is 5.32 Å². The van der Waals surface area contributed by atoms with Crippen LogP contribution >= 0.6 is 0 Å². The molecular formula is C37H32F6N2O4. The second kappa shape index (κ2) is 14.6. The van der Waals surface area contributed by atoms with E-state index in [0.29, 0.717) is 42.0 Å². The van der Waals surface area contributed by atoms with Crippen LogP contribution in [0, 0.1) is 0 Å². The van der Waals surface area contributed by atoms with E-state index in [0.717, 1.165) is 11.1 Å². The lowest BCUT2D eigenvalue weighted by Gasteiger charge is -2.30. The van der Waals surface area contributed by atoms with Gasteiger partial charge in [-0.3, -0.25) is 4.79 Å². The Kier molecular flexibility index (Phi) is 10.5. The highest BCUT2D eigenvalue weighted by atomic mass is 19.4. The molecule has 4 aromatic carbocycles. The van der Waals surface area contributed by atoms with Crippen LogP contribution in [0.25, 0.3) is 11.1 Å². The smallest absolute Gasteiger partial charge is 0.416 e. The Hall–Kier alpha value is -5.10. The van der Waals surface area contributed by atoms with E-state index in [2.05, 4.69) is 11.9 Å². The van der Waals surface area contributed by atoms with Crippen molar-refractivity contribution >= 4 is 11.8 Å². The minimum atomic E-state index is -5.04. The number of aliphatic hydroxyl groups is 1. The Morgan fingerprint density at radius 2 is 1.47 bits per heavy atom. The summed E-state index contributed by atoms with van der Waals surface area (Å²) in [6, 6.07) is 24.7. The number of rotatable bonds is 12. The lowest BCUT2D eigenvalue weighted by Crippen LogP contribution is -2.47. The van der Waals surface area contributed by atoms with E-state index in [-0.39, 0.29) is 25.0 Å². The number of benzene rings is 4. The molecule has 4 aromatic rings. The van der Waals surface area contributed by atoms with Gasteiger partial charge in [0.05, 0.1) is 17.7 Å². The van der Waals surface area contributed by atoms with Crippen LogP contribution in [0.2, 0.25) is 0 Å². The first kappa shape index (κ1) is 35.2. The average molecular weight is 683 g/mol. The Balaban J connectivity index is 1.50. The van der Waals surface area contributed by atoms with Crippen LogP contribution in [0.4, 0.5) is 26.3 Å². The molecule has 0 aliphatic carbocycles. The third kappa shape index (κ3) is 8.14. The number of amides is 1. The van der Waals surface area contributed by atoms with Gasteiger partial charge < -0.3 is 19.9 Å². The van der Waals surface area contributed by atoms with Crippen molar-refractivity contribution in [3.63, 3.8) is 0 Å². The van der Waals surface area contributed by atoms with Gasteiger partial charge in [-0.25, -0.2) is 4.99 Å². The lowest BCUT2D eigenvalue weighted by molar-refractivity contribution is -0.143. The van der Waals surface area contributed by atoms with Crippen molar-refractivity contribution < 1.29 is 45.7 Å². The number of hydrogen-bond acceptors (Lipinski definition) is 5. The van der Waals surface area contributed by atoms with Gasteiger partial charge in [0.1, 0.15) is 5.75 Å². The summed E-state index contributed by atoms with van der Waals surface area (Å²) in [5.74, 6) is -0.165. The molecule has 1 aliphatic rings. The largest absolute Gasteiger partial charge is 0.494 e. The predicted octanol–water partition coefficient (Wildman–Crippen LogP) is 8.30. The molecule has 5 rings (SSSR count). The van der Waals surface area contributed by atoms with Crippen molar-refractivity contribution in [2.45, 2.75) is 43.4 Å². The van der Waals surface area contributed by atoms with Gasteiger partial charge in [-0.1, -0.05) is 60.7 Å². The Bertz CT molecular complexity index is 1760. The molecule has 256 valence electrons. The summed E-state index contributed by atoms with van der Waals surface area (Å²) in [6.45, 7) is 3.41. The summed E-state index contributed by atoms with van der Waals surface area (Å²) in [5, 5.41) is 11.5. The number of aliphatic hydroxyl groups excluding tert-OH is 1. The minimum Gasteiger partial charge on any atom is -0.494 e. The van der Waals surface area contributed by atoms with Crippen LogP contribution in [-0.2, 0) is 28.4 Å². The Labute approximate surface area is 278 Å². The summed E-state index contributed by atoms with van der Waals surface area (Å²) in [4.78, 5) is 18.8. The molecule has 49 heavy (non-hydrogen) atoms. The van der Waals surface area contributed by atoms with Gasteiger partial charge in [0.2, 0.25) is 5.90 Å². The van der Waals surface area contributed by atoms with Crippen LogP contribution in [0.1, 0.15) is 46.8 Å². The molecule has 0 spiro atoms. The minimum absolute atomic E-state index is 0.0266. The van der Waals surface area contributed by atoms with Crippen molar-refractivity contribution in [3.8, 4) is 16.9 Å². The molecule has 1 amide bonds. The van der Waals surface area contributed by atoms with Gasteiger partial charge in [-0.05, 0) is 64.7 Å². The zero-order valence-electron chi connectivity index (χ0n) is 26.0. The number of hydrogen-bond donors (Lipinski definition) is 2. The quantitative estimate of drug-likeness (QED) is 0.0896. The maximum atomic E-state index is 14.1. The second-order valence-corrected chi connectivity index (χ2v) is 11.4. The van der Waals surface area contributed by atoms with E-state index in [1.54, 1.807) is 36.4 Å². The maximum absolute atomic E-state index is 14.1. The standard InChI is InChI=1S/C37H32F6N2O4/c1-2-17-35(34(47)44-23-24-20-29(36(38,39)40)22-30(21-24)37(41,42)43)32(27-11-9-26(10-12-27)25-7-4-3-5-8-25)49-33(45-35)28-13-15-31(16-14-28)48-19-6-18-46/h2-5,7-16,20-22,32,46H,1,6,17-19,23H2,(H,44,47)/t32-,35-/m1/s1. The van der Waals surface area contributed by atoms with E-state index >= 15 is 0 Å². The first-order chi connectivity index (χ1) is 23.3. The Morgan fingerprint density at radius 1 is 0.878 bits per heavy atom. The summed E-state index contributed by atoms with van der Waals surface area (Å²) >= 11 is 0. The number of aliphatic imine (C=N–C) groups is 1. The van der Waals surface area contributed by atoms with Gasteiger partial charge >= 0.3 is 12.4 Å². The van der Waals surface area contributed by atoms with Crippen LogP contribution in [0.15, 0.2) is 115 Å². The van der Waals surface area contributed by atoms with Crippen molar-refractivity contribution in [3.05, 3.63) is 138 Å². The SMILES string of the molecule is C=CC[C@@]1(C(=O)NCc2cc(C(F)(F)F)cc(C(F)(F)F)c2)N=C(c2ccc(OCCCO)cc2)O[C@@H]1c1ccc(-c2ccccc2)cc1. The van der Waals surface area contributed by atoms with Crippen LogP contribution in [-0.4, -0.2) is 35.7 Å². The van der Waals surface area contributed by atoms with Crippen molar-refractivity contribution in [2.75, 3.05) is 13.2 Å². The highest BCUT2D eigenvalue weighted by Crippen LogP contribution is 2.43. The average Bonchev–Trinajstić information content (AvgIpc) is 3.48. The lowest BCUT2D eigenvalue weighted by atomic mass is 9.84. The van der Waals surface area contributed by atoms with Crippen molar-refractivity contribution in [2.24, 2.45) is 4.99 Å². The first-order valence-corrected chi connectivity index (χ1v) is 15.3. The fourth-order valence-corrected chi connectivity index (χ4v) is 5.47. The van der Waals surface area contributed by atoms with E-state index in [1.807, 2.05) is 42.5 Å². The van der Waals surface area contributed by atoms with E-state index < -0.39 is 53.1 Å². The molecule has 2 atom stereocenters. The zero-order chi connectivity index (χ0) is 35.2. The fourth-order valence-electron chi connectivity index (χ4n) is 5.47. The van der Waals surface area contributed by atoms with Gasteiger partial charge in [0, 0.05) is 31.6 Å². The van der Waals surface area contributed by atoms with Crippen LogP contribution in [0.5, 0.6) is 5.75 Å². The molecular weight excluding hydrogens is 650 g/mol. The van der Waals surface area contributed by atoms with Gasteiger partial charge in [0.15, 0.2) is 11.6 Å². The molecule has 0 saturated heterocycles. The molecule has 0 saturated carbocycles. The number of halogens is 6.